The Bertz CT molecular complexity index is 2970. The molecule has 7 aromatic carbocycles. The van der Waals surface area contributed by atoms with Crippen molar-refractivity contribution in [3.63, 3.8) is 0 Å². The van der Waals surface area contributed by atoms with Crippen LogP contribution in [0.2, 0.25) is 0 Å². The number of hydrogen-bond donors (Lipinski definition) is 0. The first kappa shape index (κ1) is 27.3. The minimum Gasteiger partial charge on any atom is -0.308 e. The number of pyridine rings is 1. The number of fused-ring (bicyclic) bond motifs is 12. The summed E-state index contributed by atoms with van der Waals surface area (Å²) in [5.74, 6) is 0. The highest BCUT2D eigenvalue weighted by atomic mass is 15.0. The van der Waals surface area contributed by atoms with Crippen molar-refractivity contribution < 1.29 is 0 Å². The van der Waals surface area contributed by atoms with E-state index in [1.54, 1.807) is 0 Å². The smallest absolute Gasteiger partial charge is 0.0802 e. The van der Waals surface area contributed by atoms with Crippen LogP contribution in [-0.4, -0.2) is 14.1 Å². The van der Waals surface area contributed by atoms with E-state index < -0.39 is 0 Å². The predicted octanol–water partition coefficient (Wildman–Crippen LogP) is 12.3. The van der Waals surface area contributed by atoms with Crippen molar-refractivity contribution >= 4 is 43.6 Å². The van der Waals surface area contributed by atoms with E-state index >= 15 is 0 Å². The number of para-hydroxylation sites is 3. The summed E-state index contributed by atoms with van der Waals surface area (Å²) in [5.41, 5.74) is 16.4. The normalized spacial score (nSPS) is 12.0. The van der Waals surface area contributed by atoms with Gasteiger partial charge in [0.15, 0.2) is 0 Å². The summed E-state index contributed by atoms with van der Waals surface area (Å²) in [6.45, 7) is 0. The summed E-state index contributed by atoms with van der Waals surface area (Å²) in [4.78, 5) is 5.10. The topological polar surface area (TPSA) is 22.8 Å². The van der Waals surface area contributed by atoms with Crippen molar-refractivity contribution in [2.45, 2.75) is 0 Å². The Morgan fingerprint density at radius 2 is 0.980 bits per heavy atom. The number of benzene rings is 7. The first-order valence-electron chi connectivity index (χ1n) is 17.1. The van der Waals surface area contributed by atoms with Crippen LogP contribution in [0.5, 0.6) is 0 Å². The van der Waals surface area contributed by atoms with E-state index in [1.807, 2.05) is 6.20 Å². The summed E-state index contributed by atoms with van der Waals surface area (Å²) < 4.78 is 5.00. The third-order valence-corrected chi connectivity index (χ3v) is 10.5. The van der Waals surface area contributed by atoms with E-state index in [9.17, 15) is 0 Å². The fraction of sp³-hybridized carbons (Fsp3) is 0. The zero-order chi connectivity index (χ0) is 32.8. The highest BCUT2D eigenvalue weighted by Gasteiger charge is 2.29. The largest absolute Gasteiger partial charge is 0.308 e. The van der Waals surface area contributed by atoms with Gasteiger partial charge < -0.3 is 9.13 Å². The molecule has 0 saturated carbocycles. The Kier molecular flexibility index (Phi) is 5.67. The number of aromatic nitrogens is 3. The molecule has 0 fully saturated rings. The molecule has 3 nitrogen and oxygen atoms in total. The molecule has 0 aliphatic carbocycles. The van der Waals surface area contributed by atoms with E-state index in [4.69, 9.17) is 4.98 Å². The van der Waals surface area contributed by atoms with Gasteiger partial charge in [-0.3, -0.25) is 4.98 Å². The molecule has 0 bridgehead atoms. The molecule has 11 rings (SSSR count). The minimum absolute atomic E-state index is 1.02. The second-order valence-corrected chi connectivity index (χ2v) is 13.1. The minimum atomic E-state index is 1.02. The maximum absolute atomic E-state index is 5.10. The molecule has 1 aliphatic rings. The third kappa shape index (κ3) is 3.72. The van der Waals surface area contributed by atoms with Gasteiger partial charge in [0.2, 0.25) is 0 Å². The molecule has 0 spiro atoms. The molecule has 0 unspecified atom stereocenters. The molecule has 3 aromatic heterocycles. The zero-order valence-corrected chi connectivity index (χ0v) is 27.1. The number of rotatable bonds is 3. The van der Waals surface area contributed by atoms with Crippen LogP contribution < -0.4 is 0 Å². The molecule has 0 amide bonds. The molecule has 0 saturated heterocycles. The highest BCUT2D eigenvalue weighted by molar-refractivity contribution is 6.30. The van der Waals surface area contributed by atoms with Crippen molar-refractivity contribution in [1.82, 2.24) is 14.1 Å². The average Bonchev–Trinajstić information content (AvgIpc) is 3.67. The summed E-state index contributed by atoms with van der Waals surface area (Å²) in [7, 11) is 0. The molecule has 0 N–H and O–H groups in total. The summed E-state index contributed by atoms with van der Waals surface area (Å²) >= 11 is 0. The van der Waals surface area contributed by atoms with Gasteiger partial charge in [-0.05, 0) is 59.2 Å². The first-order chi connectivity index (χ1) is 24.8. The predicted molar refractivity (Wildman–Crippen MR) is 208 cm³/mol. The van der Waals surface area contributed by atoms with Gasteiger partial charge in [-0.1, -0.05) is 127 Å². The van der Waals surface area contributed by atoms with Crippen LogP contribution in [0.4, 0.5) is 0 Å². The fourth-order valence-electron chi connectivity index (χ4n) is 8.41. The van der Waals surface area contributed by atoms with Gasteiger partial charge in [0.05, 0.1) is 39.1 Å². The monoisotopic (exact) mass is 635 g/mol. The number of hydrogen-bond acceptors (Lipinski definition) is 1. The van der Waals surface area contributed by atoms with Crippen LogP contribution in [0.15, 0.2) is 176 Å². The molecular formula is C47H29N3. The fourth-order valence-corrected chi connectivity index (χ4v) is 8.41. The van der Waals surface area contributed by atoms with Crippen molar-refractivity contribution in [3.8, 4) is 56.0 Å². The van der Waals surface area contributed by atoms with Gasteiger partial charge in [-0.2, -0.15) is 0 Å². The Hall–Kier alpha value is -6.71. The van der Waals surface area contributed by atoms with Gasteiger partial charge in [0, 0.05) is 50.0 Å². The lowest BCUT2D eigenvalue weighted by Crippen LogP contribution is -1.99. The van der Waals surface area contributed by atoms with Crippen molar-refractivity contribution in [3.05, 3.63) is 176 Å². The lowest BCUT2D eigenvalue weighted by atomic mass is 9.96. The molecule has 0 radical (unpaired) electrons. The number of nitrogens with zero attached hydrogens (tertiary/aromatic N) is 3. The Morgan fingerprint density at radius 1 is 0.360 bits per heavy atom. The van der Waals surface area contributed by atoms with Crippen molar-refractivity contribution in [2.24, 2.45) is 0 Å². The lowest BCUT2D eigenvalue weighted by Gasteiger charge is -2.17. The van der Waals surface area contributed by atoms with E-state index in [1.165, 1.54) is 77.1 Å². The summed E-state index contributed by atoms with van der Waals surface area (Å²) in [6, 6.07) is 61.7. The van der Waals surface area contributed by atoms with Gasteiger partial charge in [-0.25, -0.2) is 0 Å². The molecule has 4 heterocycles. The van der Waals surface area contributed by atoms with E-state index in [-0.39, 0.29) is 0 Å². The van der Waals surface area contributed by atoms with Gasteiger partial charge >= 0.3 is 0 Å². The molecule has 0 atom stereocenters. The quantitative estimate of drug-likeness (QED) is 0.189. The van der Waals surface area contributed by atoms with Gasteiger partial charge in [-0.15, -0.1) is 0 Å². The zero-order valence-electron chi connectivity index (χ0n) is 27.1. The first-order valence-corrected chi connectivity index (χ1v) is 17.1. The molecule has 3 heteroatoms. The SMILES string of the molecule is c1ccc(-c2ccc(-n3c4ccccc4c4cc5c6c(c7ccccc7n6-c6ccccc6-c6cccnc6-5)c43)c(-c3ccccc3)c2)cc1. The Balaban J connectivity index is 1.37. The van der Waals surface area contributed by atoms with Crippen LogP contribution in [0.3, 0.4) is 0 Å². The van der Waals surface area contributed by atoms with Gasteiger partial charge in [0.25, 0.3) is 0 Å². The molecule has 232 valence electrons. The Labute approximate surface area is 288 Å². The maximum Gasteiger partial charge on any atom is 0.0802 e. The Morgan fingerprint density at radius 3 is 1.80 bits per heavy atom. The molecular weight excluding hydrogens is 607 g/mol. The molecule has 1 aliphatic heterocycles. The van der Waals surface area contributed by atoms with Crippen LogP contribution in [0.25, 0.3) is 99.6 Å². The van der Waals surface area contributed by atoms with Crippen LogP contribution in [-0.2, 0) is 0 Å². The summed E-state index contributed by atoms with van der Waals surface area (Å²) in [5, 5.41) is 4.92. The van der Waals surface area contributed by atoms with Crippen molar-refractivity contribution in [2.75, 3.05) is 0 Å². The second kappa shape index (κ2) is 10.4. The van der Waals surface area contributed by atoms with Crippen LogP contribution in [0.1, 0.15) is 0 Å². The average molecular weight is 636 g/mol. The van der Waals surface area contributed by atoms with Crippen molar-refractivity contribution in [1.29, 1.82) is 0 Å². The van der Waals surface area contributed by atoms with E-state index in [2.05, 4.69) is 179 Å². The molecule has 50 heavy (non-hydrogen) atoms. The van der Waals surface area contributed by atoms with Crippen LogP contribution in [0, 0.1) is 0 Å². The van der Waals surface area contributed by atoms with Crippen LogP contribution >= 0.6 is 0 Å². The van der Waals surface area contributed by atoms with E-state index in [0.29, 0.717) is 0 Å². The lowest BCUT2D eigenvalue weighted by molar-refractivity contribution is 1.18. The molecule has 10 aromatic rings. The van der Waals surface area contributed by atoms with E-state index in [0.717, 1.165) is 22.5 Å². The standard InChI is InChI=1S/C47H29N3/c1-3-14-30(15-4-1)32-25-26-43(37(28-32)31-16-5-2-6-17-31)50-41-23-11-8-19-34(41)38-29-39-45-35(21-13-27-48-45)33-18-7-10-22-40(33)49-42-24-12-9-20-36(42)44(46(38)50)47(39)49/h1-29H. The maximum atomic E-state index is 5.10. The van der Waals surface area contributed by atoms with Gasteiger partial charge in [0.1, 0.15) is 0 Å². The summed E-state index contributed by atoms with van der Waals surface area (Å²) in [6.07, 6.45) is 1.93. The second-order valence-electron chi connectivity index (χ2n) is 13.1. The highest BCUT2D eigenvalue weighted by Crippen LogP contribution is 2.50. The third-order valence-electron chi connectivity index (χ3n) is 10.5.